The van der Waals surface area contributed by atoms with E-state index in [1.807, 2.05) is 86.6 Å². The molecule has 32 heavy (non-hydrogen) atoms. The number of aromatic nitrogens is 1. The van der Waals surface area contributed by atoms with Gasteiger partial charge in [-0.15, -0.1) is 0 Å². The molecular formula is C26H24N2O3S. The van der Waals surface area contributed by atoms with Crippen molar-refractivity contribution in [2.24, 2.45) is 0 Å². The Morgan fingerprint density at radius 1 is 0.969 bits per heavy atom. The molecule has 0 saturated heterocycles. The molecular weight excluding hydrogens is 420 g/mol. The molecule has 0 aliphatic heterocycles. The van der Waals surface area contributed by atoms with E-state index >= 15 is 0 Å². The number of rotatable bonds is 7. The van der Waals surface area contributed by atoms with Crippen molar-refractivity contribution in [2.75, 3.05) is 0 Å². The molecule has 1 N–H and O–H groups in total. The molecule has 1 aromatic heterocycles. The van der Waals surface area contributed by atoms with Gasteiger partial charge >= 0.3 is 0 Å². The third-order valence-corrected chi connectivity index (χ3v) is 6.54. The van der Waals surface area contributed by atoms with Gasteiger partial charge in [0.1, 0.15) is 5.76 Å². The highest BCUT2D eigenvalue weighted by Crippen LogP contribution is 2.24. The zero-order chi connectivity index (χ0) is 22.5. The normalized spacial score (nSPS) is 12.8. The van der Waals surface area contributed by atoms with Crippen molar-refractivity contribution >= 4 is 16.7 Å². The standard InChI is InChI=1S/C26H24N2O3S/c1-18(20-9-5-3-6-10-20)27-25(29)21-13-15-22(16-14-21)26-28-24(19(2)31-26)17-32(30)23-11-7-4-8-12-23/h3-16,18H,17H2,1-2H3,(H,27,29). The number of benzene rings is 3. The highest BCUT2D eigenvalue weighted by Gasteiger charge is 2.16. The summed E-state index contributed by atoms with van der Waals surface area (Å²) in [4.78, 5) is 17.9. The van der Waals surface area contributed by atoms with Crippen LogP contribution in [0.4, 0.5) is 0 Å². The summed E-state index contributed by atoms with van der Waals surface area (Å²) >= 11 is 0. The SMILES string of the molecule is Cc1oc(-c2ccc(C(=O)NC(C)c3ccccc3)cc2)nc1CS(=O)c1ccccc1. The van der Waals surface area contributed by atoms with Crippen LogP contribution >= 0.6 is 0 Å². The number of nitrogens with one attached hydrogen (secondary N) is 1. The minimum atomic E-state index is -1.19. The average molecular weight is 445 g/mol. The second kappa shape index (κ2) is 9.75. The molecule has 2 atom stereocenters. The van der Waals surface area contributed by atoms with Crippen LogP contribution in [-0.2, 0) is 16.6 Å². The number of amides is 1. The summed E-state index contributed by atoms with van der Waals surface area (Å²) in [5.41, 5.74) is 3.04. The third-order valence-electron chi connectivity index (χ3n) is 5.21. The van der Waals surface area contributed by atoms with Gasteiger partial charge in [-0.2, -0.15) is 0 Å². The smallest absolute Gasteiger partial charge is 0.251 e. The zero-order valence-corrected chi connectivity index (χ0v) is 18.8. The lowest BCUT2D eigenvalue weighted by Crippen LogP contribution is -2.26. The minimum Gasteiger partial charge on any atom is -0.441 e. The van der Waals surface area contributed by atoms with Crippen LogP contribution in [0.25, 0.3) is 11.5 Å². The third kappa shape index (κ3) is 5.03. The topological polar surface area (TPSA) is 72.2 Å². The Morgan fingerprint density at radius 3 is 2.25 bits per heavy atom. The first kappa shape index (κ1) is 21.7. The van der Waals surface area contributed by atoms with Crippen molar-refractivity contribution in [1.82, 2.24) is 10.3 Å². The molecule has 0 aliphatic carbocycles. The van der Waals surface area contributed by atoms with Crippen LogP contribution < -0.4 is 5.32 Å². The molecule has 3 aromatic carbocycles. The Bertz CT molecular complexity index is 1220. The maximum atomic E-state index is 12.6. The van der Waals surface area contributed by atoms with Crippen LogP contribution in [0.5, 0.6) is 0 Å². The van der Waals surface area contributed by atoms with Crippen LogP contribution in [0.3, 0.4) is 0 Å². The molecule has 4 aromatic rings. The molecule has 162 valence electrons. The molecule has 2 unspecified atom stereocenters. The molecule has 0 fully saturated rings. The van der Waals surface area contributed by atoms with E-state index in [1.165, 1.54) is 0 Å². The molecule has 4 rings (SSSR count). The first-order chi connectivity index (χ1) is 15.5. The largest absolute Gasteiger partial charge is 0.441 e. The van der Waals surface area contributed by atoms with Gasteiger partial charge in [0.05, 0.1) is 28.3 Å². The summed E-state index contributed by atoms with van der Waals surface area (Å²) in [5.74, 6) is 1.24. The van der Waals surface area contributed by atoms with Crippen molar-refractivity contribution in [1.29, 1.82) is 0 Å². The van der Waals surface area contributed by atoms with Gasteiger partial charge in [0.2, 0.25) is 5.89 Å². The monoisotopic (exact) mass is 444 g/mol. The predicted molar refractivity (Wildman–Crippen MR) is 126 cm³/mol. The predicted octanol–water partition coefficient (Wildman–Crippen LogP) is 5.45. The van der Waals surface area contributed by atoms with Gasteiger partial charge in [-0.3, -0.25) is 9.00 Å². The van der Waals surface area contributed by atoms with E-state index in [0.29, 0.717) is 22.9 Å². The number of carbonyl (C=O) groups excluding carboxylic acids is 1. The van der Waals surface area contributed by atoms with Crippen molar-refractivity contribution in [3.8, 4) is 11.5 Å². The Hall–Kier alpha value is -3.51. The van der Waals surface area contributed by atoms with E-state index in [9.17, 15) is 9.00 Å². The molecule has 1 amide bonds. The van der Waals surface area contributed by atoms with Crippen LogP contribution in [0, 0.1) is 6.92 Å². The summed E-state index contributed by atoms with van der Waals surface area (Å²) < 4.78 is 18.4. The average Bonchev–Trinajstić information content (AvgIpc) is 3.20. The lowest BCUT2D eigenvalue weighted by Gasteiger charge is -2.14. The van der Waals surface area contributed by atoms with Gasteiger partial charge < -0.3 is 9.73 Å². The number of aryl methyl sites for hydroxylation is 1. The molecule has 0 spiro atoms. The van der Waals surface area contributed by atoms with Crippen LogP contribution in [0.15, 0.2) is 94.2 Å². The van der Waals surface area contributed by atoms with Gasteiger partial charge in [-0.25, -0.2) is 4.98 Å². The number of oxazole rings is 1. The molecule has 0 bridgehead atoms. The van der Waals surface area contributed by atoms with Crippen LogP contribution in [0.1, 0.15) is 40.3 Å². The molecule has 0 aliphatic rings. The first-order valence-electron chi connectivity index (χ1n) is 10.4. The van der Waals surface area contributed by atoms with E-state index in [1.54, 1.807) is 12.1 Å². The van der Waals surface area contributed by atoms with Crippen LogP contribution in [0.2, 0.25) is 0 Å². The van der Waals surface area contributed by atoms with E-state index < -0.39 is 10.8 Å². The number of hydrogen-bond donors (Lipinski definition) is 1. The fourth-order valence-electron chi connectivity index (χ4n) is 3.33. The molecule has 0 saturated carbocycles. The van der Waals surface area contributed by atoms with Gasteiger partial charge in [0.15, 0.2) is 0 Å². The Balaban J connectivity index is 1.44. The lowest BCUT2D eigenvalue weighted by atomic mass is 10.1. The van der Waals surface area contributed by atoms with E-state index in [0.717, 1.165) is 16.0 Å². The Kier molecular flexibility index (Phi) is 6.61. The maximum Gasteiger partial charge on any atom is 0.251 e. The van der Waals surface area contributed by atoms with Crippen molar-refractivity contribution in [3.05, 3.63) is 108 Å². The van der Waals surface area contributed by atoms with E-state index in [2.05, 4.69) is 10.3 Å². The summed E-state index contributed by atoms with van der Waals surface area (Å²) in [6.07, 6.45) is 0. The Morgan fingerprint density at radius 2 is 1.59 bits per heavy atom. The number of nitrogens with zero attached hydrogens (tertiary/aromatic N) is 1. The second-order valence-electron chi connectivity index (χ2n) is 7.51. The fraction of sp³-hybridized carbons (Fsp3) is 0.154. The number of carbonyl (C=O) groups is 1. The van der Waals surface area contributed by atoms with E-state index in [4.69, 9.17) is 4.42 Å². The van der Waals surface area contributed by atoms with Gasteiger partial charge in [0.25, 0.3) is 5.91 Å². The fourth-order valence-corrected chi connectivity index (χ4v) is 4.48. The highest BCUT2D eigenvalue weighted by atomic mass is 32.2. The number of hydrogen-bond acceptors (Lipinski definition) is 4. The van der Waals surface area contributed by atoms with Crippen molar-refractivity contribution < 1.29 is 13.4 Å². The van der Waals surface area contributed by atoms with Crippen LogP contribution in [-0.4, -0.2) is 15.1 Å². The van der Waals surface area contributed by atoms with E-state index in [-0.39, 0.29) is 17.7 Å². The lowest BCUT2D eigenvalue weighted by molar-refractivity contribution is 0.0940. The molecule has 0 radical (unpaired) electrons. The Labute approximate surface area is 190 Å². The second-order valence-corrected chi connectivity index (χ2v) is 8.96. The minimum absolute atomic E-state index is 0.0918. The summed E-state index contributed by atoms with van der Waals surface area (Å²) in [6, 6.07) is 26.2. The molecule has 5 nitrogen and oxygen atoms in total. The van der Waals surface area contributed by atoms with Gasteiger partial charge in [-0.05, 0) is 55.8 Å². The molecule has 1 heterocycles. The summed E-state index contributed by atoms with van der Waals surface area (Å²) in [7, 11) is -1.19. The van der Waals surface area contributed by atoms with Gasteiger partial charge in [-0.1, -0.05) is 48.5 Å². The quantitative estimate of drug-likeness (QED) is 0.411. The van der Waals surface area contributed by atoms with Crippen molar-refractivity contribution in [2.45, 2.75) is 30.5 Å². The zero-order valence-electron chi connectivity index (χ0n) is 17.9. The van der Waals surface area contributed by atoms with Gasteiger partial charge in [0, 0.05) is 16.0 Å². The van der Waals surface area contributed by atoms with Crippen molar-refractivity contribution in [3.63, 3.8) is 0 Å². The maximum absolute atomic E-state index is 12.6. The first-order valence-corrected chi connectivity index (χ1v) is 11.7. The summed E-state index contributed by atoms with van der Waals surface area (Å²) in [5, 5.41) is 3.01. The summed E-state index contributed by atoms with van der Waals surface area (Å²) in [6.45, 7) is 3.78. The highest BCUT2D eigenvalue weighted by molar-refractivity contribution is 7.84. The molecule has 6 heteroatoms.